The van der Waals surface area contributed by atoms with Gasteiger partial charge in [0.15, 0.2) is 0 Å². The molecule has 3 nitrogen and oxygen atoms in total. The van der Waals surface area contributed by atoms with Crippen molar-refractivity contribution in [2.75, 3.05) is 39.5 Å². The van der Waals surface area contributed by atoms with E-state index in [-0.39, 0.29) is 5.56 Å². The van der Waals surface area contributed by atoms with E-state index in [2.05, 4.69) is 4.90 Å². The highest BCUT2D eigenvalue weighted by Gasteiger charge is 2.12. The van der Waals surface area contributed by atoms with Gasteiger partial charge in [-0.25, -0.2) is 8.78 Å². The van der Waals surface area contributed by atoms with E-state index in [1.165, 1.54) is 6.07 Å². The quantitative estimate of drug-likeness (QED) is 0.828. The van der Waals surface area contributed by atoms with Crippen molar-refractivity contribution in [1.82, 2.24) is 4.90 Å². The van der Waals surface area contributed by atoms with Crippen molar-refractivity contribution in [2.45, 2.75) is 27.2 Å². The lowest BCUT2D eigenvalue weighted by molar-refractivity contribution is 0.0322. The fourth-order valence-electron chi connectivity index (χ4n) is 2.06. The first-order chi connectivity index (χ1) is 10.2. The van der Waals surface area contributed by atoms with E-state index in [0.29, 0.717) is 17.9 Å². The molecule has 1 heterocycles. The van der Waals surface area contributed by atoms with Crippen LogP contribution in [0.2, 0.25) is 0 Å². The molecule has 21 heavy (non-hydrogen) atoms. The monoisotopic (exact) mass is 301 g/mol. The average molecular weight is 301 g/mol. The minimum Gasteiger partial charge on any atom is -0.492 e. The Kier molecular flexibility index (Phi) is 8.23. The summed E-state index contributed by atoms with van der Waals surface area (Å²) in [4.78, 5) is 2.24. The van der Waals surface area contributed by atoms with Gasteiger partial charge in [-0.3, -0.25) is 4.90 Å². The van der Waals surface area contributed by atoms with Crippen LogP contribution in [-0.4, -0.2) is 44.4 Å². The molecule has 0 aromatic heterocycles. The molecule has 0 aliphatic carbocycles. The predicted octanol–water partition coefficient (Wildman–Crippen LogP) is 3.67. The van der Waals surface area contributed by atoms with Crippen LogP contribution in [0.3, 0.4) is 0 Å². The summed E-state index contributed by atoms with van der Waals surface area (Å²) < 4.78 is 36.3. The number of nitrogens with zero attached hydrogens (tertiary/aromatic N) is 1. The van der Waals surface area contributed by atoms with Gasteiger partial charge >= 0.3 is 0 Å². The third-order valence-electron chi connectivity index (χ3n) is 3.27. The fourth-order valence-corrected chi connectivity index (χ4v) is 2.06. The summed E-state index contributed by atoms with van der Waals surface area (Å²) in [6.07, 6.45) is -2.46. The average Bonchev–Trinajstić information content (AvgIpc) is 2.52. The molecule has 120 valence electrons. The molecule has 1 saturated heterocycles. The first-order valence-electron chi connectivity index (χ1n) is 7.48. The van der Waals surface area contributed by atoms with Gasteiger partial charge in [0.25, 0.3) is 6.43 Å². The van der Waals surface area contributed by atoms with Crippen LogP contribution in [0.4, 0.5) is 8.78 Å². The summed E-state index contributed by atoms with van der Waals surface area (Å²) in [5.41, 5.74) is 0.638. The number of rotatable bonds is 5. The van der Waals surface area contributed by atoms with Crippen molar-refractivity contribution in [3.63, 3.8) is 0 Å². The molecule has 0 spiro atoms. The number of halogens is 2. The lowest BCUT2D eigenvalue weighted by Gasteiger charge is -2.26. The first kappa shape index (κ1) is 17.9. The van der Waals surface area contributed by atoms with Crippen molar-refractivity contribution in [1.29, 1.82) is 0 Å². The molecule has 1 aromatic carbocycles. The summed E-state index contributed by atoms with van der Waals surface area (Å²) in [5.74, 6) is 0.508. The molecule has 0 atom stereocenters. The maximum absolute atomic E-state index is 12.7. The second-order valence-electron chi connectivity index (χ2n) is 4.62. The Balaban J connectivity index is 0.00000106. The maximum atomic E-state index is 12.7. The maximum Gasteiger partial charge on any atom is 0.264 e. The second kappa shape index (κ2) is 9.68. The van der Waals surface area contributed by atoms with Crippen molar-refractivity contribution in [2.24, 2.45) is 0 Å². The van der Waals surface area contributed by atoms with E-state index in [9.17, 15) is 8.78 Å². The molecule has 0 saturated carbocycles. The van der Waals surface area contributed by atoms with Gasteiger partial charge in [-0.2, -0.15) is 0 Å². The molecular weight excluding hydrogens is 276 g/mol. The predicted molar refractivity (Wildman–Crippen MR) is 80.2 cm³/mol. The SMILES string of the molecule is CC.Cc1ccc(OCCN2CCOCC2)cc1C(F)F. The zero-order valence-corrected chi connectivity index (χ0v) is 13.1. The van der Waals surface area contributed by atoms with Crippen molar-refractivity contribution >= 4 is 0 Å². The lowest BCUT2D eigenvalue weighted by Crippen LogP contribution is -2.38. The number of hydrogen-bond acceptors (Lipinski definition) is 3. The Morgan fingerprint density at radius 1 is 1.24 bits per heavy atom. The standard InChI is InChI=1S/C14H19F2NO2.C2H6/c1-11-2-3-12(10-13(11)14(15)16)19-9-6-17-4-7-18-8-5-17;1-2/h2-3,10,14H,4-9H2,1H3;1-2H3. The normalized spacial score (nSPS) is 15.5. The minimum absolute atomic E-state index is 0.0453. The van der Waals surface area contributed by atoms with E-state index < -0.39 is 6.43 Å². The highest BCUT2D eigenvalue weighted by Crippen LogP contribution is 2.26. The van der Waals surface area contributed by atoms with Gasteiger partial charge in [-0.05, 0) is 24.6 Å². The van der Waals surface area contributed by atoms with Crippen LogP contribution in [-0.2, 0) is 4.74 Å². The van der Waals surface area contributed by atoms with Gasteiger partial charge in [-0.1, -0.05) is 19.9 Å². The highest BCUT2D eigenvalue weighted by molar-refractivity contribution is 5.35. The minimum atomic E-state index is -2.46. The molecule has 5 heteroatoms. The summed E-state index contributed by atoms with van der Waals surface area (Å²) in [6, 6.07) is 4.84. The summed E-state index contributed by atoms with van der Waals surface area (Å²) in [6.45, 7) is 10.3. The van der Waals surface area contributed by atoms with E-state index in [1.807, 2.05) is 13.8 Å². The number of alkyl halides is 2. The Morgan fingerprint density at radius 2 is 1.90 bits per heavy atom. The van der Waals surface area contributed by atoms with Crippen LogP contribution >= 0.6 is 0 Å². The van der Waals surface area contributed by atoms with Crippen LogP contribution < -0.4 is 4.74 Å². The summed E-state index contributed by atoms with van der Waals surface area (Å²) in [5, 5.41) is 0. The van der Waals surface area contributed by atoms with Gasteiger partial charge in [0.05, 0.1) is 13.2 Å². The topological polar surface area (TPSA) is 21.7 Å². The Morgan fingerprint density at radius 3 is 2.52 bits per heavy atom. The molecule has 1 aliphatic rings. The number of benzene rings is 1. The highest BCUT2D eigenvalue weighted by atomic mass is 19.3. The van der Waals surface area contributed by atoms with Gasteiger partial charge in [-0.15, -0.1) is 0 Å². The first-order valence-corrected chi connectivity index (χ1v) is 7.48. The molecule has 0 N–H and O–H groups in total. The van der Waals surface area contributed by atoms with E-state index >= 15 is 0 Å². The van der Waals surface area contributed by atoms with Crippen LogP contribution in [0.5, 0.6) is 5.75 Å². The molecule has 1 fully saturated rings. The van der Waals surface area contributed by atoms with Crippen LogP contribution in [0, 0.1) is 6.92 Å². The Labute approximate surface area is 125 Å². The molecule has 0 unspecified atom stereocenters. The molecule has 1 aliphatic heterocycles. The molecular formula is C16H25F2NO2. The number of aryl methyl sites for hydroxylation is 1. The van der Waals surface area contributed by atoms with E-state index in [1.54, 1.807) is 19.1 Å². The third kappa shape index (κ3) is 5.98. The zero-order chi connectivity index (χ0) is 15.7. The molecule has 2 rings (SSSR count). The summed E-state index contributed by atoms with van der Waals surface area (Å²) >= 11 is 0. The van der Waals surface area contributed by atoms with Crippen molar-refractivity contribution < 1.29 is 18.3 Å². The molecule has 0 bridgehead atoms. The van der Waals surface area contributed by atoms with E-state index in [0.717, 1.165) is 32.8 Å². The molecule has 0 radical (unpaired) electrons. The summed E-state index contributed by atoms with van der Waals surface area (Å²) in [7, 11) is 0. The number of hydrogen-bond donors (Lipinski definition) is 0. The van der Waals surface area contributed by atoms with Crippen molar-refractivity contribution in [3.8, 4) is 5.75 Å². The fraction of sp³-hybridized carbons (Fsp3) is 0.625. The van der Waals surface area contributed by atoms with Crippen molar-refractivity contribution in [3.05, 3.63) is 29.3 Å². The van der Waals surface area contributed by atoms with Gasteiger partial charge in [0.2, 0.25) is 0 Å². The molecule has 1 aromatic rings. The zero-order valence-electron chi connectivity index (χ0n) is 13.1. The van der Waals surface area contributed by atoms with Crippen LogP contribution in [0.15, 0.2) is 18.2 Å². The molecule has 0 amide bonds. The smallest absolute Gasteiger partial charge is 0.264 e. The third-order valence-corrected chi connectivity index (χ3v) is 3.27. The van der Waals surface area contributed by atoms with Gasteiger partial charge in [0, 0.05) is 25.2 Å². The van der Waals surface area contributed by atoms with Crippen LogP contribution in [0.1, 0.15) is 31.4 Å². The van der Waals surface area contributed by atoms with Crippen LogP contribution in [0.25, 0.3) is 0 Å². The van der Waals surface area contributed by atoms with E-state index in [4.69, 9.17) is 9.47 Å². The van der Waals surface area contributed by atoms with Gasteiger partial charge in [0.1, 0.15) is 12.4 Å². The number of morpholine rings is 1. The van der Waals surface area contributed by atoms with Gasteiger partial charge < -0.3 is 9.47 Å². The number of ether oxygens (including phenoxy) is 2. The Hall–Kier alpha value is -1.20. The Bertz CT molecular complexity index is 407. The lowest BCUT2D eigenvalue weighted by atomic mass is 10.1. The largest absolute Gasteiger partial charge is 0.492 e. The second-order valence-corrected chi connectivity index (χ2v) is 4.62.